The van der Waals surface area contributed by atoms with Crippen LogP contribution in [0.3, 0.4) is 0 Å². The fourth-order valence-electron chi connectivity index (χ4n) is 1.77. The predicted octanol–water partition coefficient (Wildman–Crippen LogP) is 1.78. The Labute approximate surface area is 116 Å². The minimum absolute atomic E-state index is 0.106. The number of rotatable bonds is 5. The van der Waals surface area contributed by atoms with Crippen LogP contribution in [-0.4, -0.2) is 13.0 Å². The number of methoxy groups -OCH3 is 1. The van der Waals surface area contributed by atoms with Crippen molar-refractivity contribution in [2.75, 3.05) is 7.11 Å². The zero-order chi connectivity index (χ0) is 14.5. The summed E-state index contributed by atoms with van der Waals surface area (Å²) in [4.78, 5) is 11.5. The van der Waals surface area contributed by atoms with Gasteiger partial charge in [-0.15, -0.1) is 0 Å². The number of carbonyl (C=O) groups excluding carboxylic acids is 1. The summed E-state index contributed by atoms with van der Waals surface area (Å²) in [5.41, 5.74) is 3.47. The van der Waals surface area contributed by atoms with Crippen molar-refractivity contribution in [2.45, 2.75) is 13.5 Å². The molecule has 0 atom stereocenters. The van der Waals surface area contributed by atoms with Crippen molar-refractivity contribution >= 4 is 5.91 Å². The Bertz CT molecular complexity index is 607. The van der Waals surface area contributed by atoms with E-state index in [0.29, 0.717) is 22.8 Å². The van der Waals surface area contributed by atoms with Gasteiger partial charge in [-0.1, -0.05) is 6.07 Å². The molecule has 6 nitrogen and oxygen atoms in total. The lowest BCUT2D eigenvalue weighted by Crippen LogP contribution is -2.30. The number of nitrogens with two attached hydrogens (primary N) is 1. The highest BCUT2D eigenvalue weighted by Crippen LogP contribution is 2.28. The second-order valence-electron chi connectivity index (χ2n) is 4.17. The number of nitrogens with one attached hydrogen (secondary N) is 1. The zero-order valence-electron chi connectivity index (χ0n) is 11.3. The molecule has 0 radical (unpaired) electrons. The molecule has 0 aliphatic heterocycles. The van der Waals surface area contributed by atoms with Crippen molar-refractivity contribution in [3.63, 3.8) is 0 Å². The molecule has 0 aliphatic rings. The van der Waals surface area contributed by atoms with Gasteiger partial charge in [-0.25, -0.2) is 5.84 Å². The molecular formula is C14H16N2O4. The quantitative estimate of drug-likeness (QED) is 0.494. The smallest absolute Gasteiger partial charge is 0.268 e. The molecule has 1 aromatic heterocycles. The van der Waals surface area contributed by atoms with E-state index in [1.54, 1.807) is 13.2 Å². The van der Waals surface area contributed by atoms with Crippen LogP contribution in [0.4, 0.5) is 0 Å². The summed E-state index contributed by atoms with van der Waals surface area (Å²) in [6, 6.07) is 7.12. The molecule has 0 bridgehead atoms. The van der Waals surface area contributed by atoms with E-state index in [9.17, 15) is 4.79 Å². The Morgan fingerprint density at radius 2 is 2.15 bits per heavy atom. The third-order valence-electron chi connectivity index (χ3n) is 2.80. The summed E-state index contributed by atoms with van der Waals surface area (Å²) < 4.78 is 16.1. The number of benzene rings is 1. The molecule has 0 spiro atoms. The molecule has 0 saturated heterocycles. The molecule has 1 amide bonds. The van der Waals surface area contributed by atoms with Crippen LogP contribution in [-0.2, 0) is 6.61 Å². The third-order valence-corrected chi connectivity index (χ3v) is 2.80. The van der Waals surface area contributed by atoms with Gasteiger partial charge in [0.1, 0.15) is 6.61 Å². The Balaban J connectivity index is 2.13. The molecule has 3 N–H and O–H groups in total. The number of carbonyl (C=O) groups is 1. The third kappa shape index (κ3) is 2.92. The Morgan fingerprint density at radius 3 is 2.85 bits per heavy atom. The standard InChI is InChI=1S/C14H16N2O4/c1-9-3-4-11(12(7-9)18-2)20-8-13-10(5-6-19-13)14(17)16-15/h3-7H,8,15H2,1-2H3,(H,16,17). The zero-order valence-corrected chi connectivity index (χ0v) is 11.3. The largest absolute Gasteiger partial charge is 0.493 e. The molecule has 0 aliphatic carbocycles. The maximum absolute atomic E-state index is 11.5. The molecule has 1 aromatic carbocycles. The Hall–Kier alpha value is -2.47. The van der Waals surface area contributed by atoms with Crippen molar-refractivity contribution in [3.05, 3.63) is 47.4 Å². The van der Waals surface area contributed by atoms with Gasteiger partial charge in [-0.3, -0.25) is 10.2 Å². The van der Waals surface area contributed by atoms with Gasteiger partial charge in [0.15, 0.2) is 17.3 Å². The fourth-order valence-corrected chi connectivity index (χ4v) is 1.77. The summed E-state index contributed by atoms with van der Waals surface area (Å²) in [6.07, 6.45) is 1.41. The summed E-state index contributed by atoms with van der Waals surface area (Å²) in [5, 5.41) is 0. The van der Waals surface area contributed by atoms with Crippen LogP contribution in [0.2, 0.25) is 0 Å². The van der Waals surface area contributed by atoms with Gasteiger partial charge in [0.05, 0.1) is 18.9 Å². The lowest BCUT2D eigenvalue weighted by atomic mass is 10.2. The Kier molecular flexibility index (Phi) is 4.27. The van der Waals surface area contributed by atoms with Crippen molar-refractivity contribution in [1.82, 2.24) is 5.43 Å². The van der Waals surface area contributed by atoms with E-state index in [2.05, 4.69) is 5.43 Å². The van der Waals surface area contributed by atoms with Crippen LogP contribution in [0, 0.1) is 6.92 Å². The van der Waals surface area contributed by atoms with Gasteiger partial charge in [-0.05, 0) is 30.7 Å². The molecule has 2 aromatic rings. The highest BCUT2D eigenvalue weighted by atomic mass is 16.5. The maximum atomic E-state index is 11.5. The second kappa shape index (κ2) is 6.12. The number of hydrazine groups is 1. The number of aryl methyl sites for hydroxylation is 1. The predicted molar refractivity (Wildman–Crippen MR) is 72.4 cm³/mol. The van der Waals surface area contributed by atoms with E-state index in [1.807, 2.05) is 19.1 Å². The summed E-state index contributed by atoms with van der Waals surface area (Å²) in [6.45, 7) is 2.07. The van der Waals surface area contributed by atoms with E-state index in [4.69, 9.17) is 19.7 Å². The summed E-state index contributed by atoms with van der Waals surface area (Å²) in [5.74, 6) is 6.28. The van der Waals surface area contributed by atoms with E-state index in [-0.39, 0.29) is 6.61 Å². The molecule has 6 heteroatoms. The first-order chi connectivity index (χ1) is 9.65. The highest BCUT2D eigenvalue weighted by molar-refractivity contribution is 5.94. The lowest BCUT2D eigenvalue weighted by Gasteiger charge is -2.10. The van der Waals surface area contributed by atoms with Crippen molar-refractivity contribution in [3.8, 4) is 11.5 Å². The number of hydrogen-bond donors (Lipinski definition) is 2. The van der Waals surface area contributed by atoms with Crippen LogP contribution >= 0.6 is 0 Å². The molecule has 20 heavy (non-hydrogen) atoms. The van der Waals surface area contributed by atoms with E-state index in [0.717, 1.165) is 5.56 Å². The topological polar surface area (TPSA) is 86.7 Å². The van der Waals surface area contributed by atoms with Gasteiger partial charge in [0.2, 0.25) is 0 Å². The minimum Gasteiger partial charge on any atom is -0.493 e. The van der Waals surface area contributed by atoms with Crippen LogP contribution in [0.1, 0.15) is 21.7 Å². The number of nitrogen functional groups attached to an aromatic ring is 1. The van der Waals surface area contributed by atoms with Crippen LogP contribution in [0.15, 0.2) is 34.9 Å². The average molecular weight is 276 g/mol. The van der Waals surface area contributed by atoms with Gasteiger partial charge in [0, 0.05) is 0 Å². The van der Waals surface area contributed by atoms with Crippen molar-refractivity contribution in [2.24, 2.45) is 5.84 Å². The van der Waals surface area contributed by atoms with Crippen LogP contribution in [0.25, 0.3) is 0 Å². The van der Waals surface area contributed by atoms with Gasteiger partial charge in [-0.2, -0.15) is 0 Å². The maximum Gasteiger partial charge on any atom is 0.268 e. The monoisotopic (exact) mass is 276 g/mol. The Morgan fingerprint density at radius 1 is 1.35 bits per heavy atom. The minimum atomic E-state index is -0.423. The number of ether oxygens (including phenoxy) is 2. The van der Waals surface area contributed by atoms with Gasteiger partial charge in [0.25, 0.3) is 5.91 Å². The highest BCUT2D eigenvalue weighted by Gasteiger charge is 2.15. The average Bonchev–Trinajstić information content (AvgIpc) is 2.93. The first kappa shape index (κ1) is 14.0. The molecule has 0 unspecified atom stereocenters. The summed E-state index contributed by atoms with van der Waals surface area (Å²) in [7, 11) is 1.57. The number of amides is 1. The van der Waals surface area contributed by atoms with Crippen LogP contribution < -0.4 is 20.7 Å². The van der Waals surface area contributed by atoms with Gasteiger partial charge < -0.3 is 13.9 Å². The molecule has 2 rings (SSSR count). The SMILES string of the molecule is COc1cc(C)ccc1OCc1occc1C(=O)NN. The molecular weight excluding hydrogens is 260 g/mol. The lowest BCUT2D eigenvalue weighted by molar-refractivity contribution is 0.0949. The van der Waals surface area contributed by atoms with Crippen molar-refractivity contribution < 1.29 is 18.7 Å². The van der Waals surface area contributed by atoms with E-state index < -0.39 is 5.91 Å². The molecule has 0 saturated carbocycles. The van der Waals surface area contributed by atoms with Gasteiger partial charge >= 0.3 is 0 Å². The summed E-state index contributed by atoms with van der Waals surface area (Å²) >= 11 is 0. The second-order valence-corrected chi connectivity index (χ2v) is 4.17. The van der Waals surface area contributed by atoms with E-state index in [1.165, 1.54) is 12.3 Å². The molecule has 106 valence electrons. The van der Waals surface area contributed by atoms with E-state index >= 15 is 0 Å². The first-order valence-electron chi connectivity index (χ1n) is 6.00. The number of furan rings is 1. The number of hydrogen-bond acceptors (Lipinski definition) is 5. The first-order valence-corrected chi connectivity index (χ1v) is 6.00. The van der Waals surface area contributed by atoms with Crippen molar-refractivity contribution in [1.29, 1.82) is 0 Å². The fraction of sp³-hybridized carbons (Fsp3) is 0.214. The molecule has 0 fully saturated rings. The van der Waals surface area contributed by atoms with Crippen LogP contribution in [0.5, 0.6) is 11.5 Å². The normalized spacial score (nSPS) is 10.2. The molecule has 1 heterocycles.